The first-order chi connectivity index (χ1) is 5.64. The number of rotatable bonds is 4. The maximum atomic E-state index is 8.79. The molecule has 0 bridgehead atoms. The molecule has 3 heteroatoms. The molecule has 1 heterocycles. The van der Waals surface area contributed by atoms with E-state index in [1.807, 2.05) is 17.5 Å². The Kier molecular flexibility index (Phi) is 3.12. The van der Waals surface area contributed by atoms with Crippen LogP contribution < -0.4 is 5.32 Å². The molecule has 0 amide bonds. The van der Waals surface area contributed by atoms with Gasteiger partial charge in [0.2, 0.25) is 0 Å². The minimum absolute atomic E-state index is 0.0143. The molecule has 0 saturated heterocycles. The fraction of sp³-hybridized carbons (Fsp3) is 0.556. The highest BCUT2D eigenvalue weighted by Crippen LogP contribution is 2.21. The van der Waals surface area contributed by atoms with Gasteiger partial charge in [-0.25, -0.2) is 0 Å². The Morgan fingerprint density at radius 3 is 2.83 bits per heavy atom. The molecule has 1 rings (SSSR count). The zero-order valence-corrected chi connectivity index (χ0v) is 8.32. The van der Waals surface area contributed by atoms with Crippen LogP contribution >= 0.6 is 11.3 Å². The van der Waals surface area contributed by atoms with Crippen molar-refractivity contribution in [2.75, 3.05) is 11.9 Å². The maximum absolute atomic E-state index is 8.79. The van der Waals surface area contributed by atoms with E-state index in [-0.39, 0.29) is 12.1 Å². The van der Waals surface area contributed by atoms with Gasteiger partial charge in [-0.05, 0) is 37.8 Å². The van der Waals surface area contributed by atoms with Gasteiger partial charge in [-0.2, -0.15) is 0 Å². The fourth-order valence-corrected chi connectivity index (χ4v) is 1.82. The van der Waals surface area contributed by atoms with E-state index in [4.69, 9.17) is 5.11 Å². The first-order valence-electron chi connectivity index (χ1n) is 4.06. The van der Waals surface area contributed by atoms with Crippen LogP contribution in [0, 0.1) is 0 Å². The molecule has 2 N–H and O–H groups in total. The number of aliphatic hydroxyl groups excluding tert-OH is 1. The predicted molar refractivity (Wildman–Crippen MR) is 53.7 cm³/mol. The molecule has 0 atom stereocenters. The molecule has 0 unspecified atom stereocenters. The van der Waals surface area contributed by atoms with Crippen LogP contribution in [-0.4, -0.2) is 17.3 Å². The van der Waals surface area contributed by atoms with Crippen LogP contribution in [0.4, 0.5) is 5.00 Å². The summed E-state index contributed by atoms with van der Waals surface area (Å²) in [5.41, 5.74) is -0.0143. The lowest BCUT2D eigenvalue weighted by Gasteiger charge is -2.25. The number of hydrogen-bond donors (Lipinski definition) is 2. The van der Waals surface area contributed by atoms with E-state index in [0.717, 1.165) is 11.4 Å². The number of thiophene rings is 1. The second-order valence-electron chi connectivity index (χ2n) is 3.46. The van der Waals surface area contributed by atoms with Crippen molar-refractivity contribution in [1.29, 1.82) is 0 Å². The molecule has 0 spiro atoms. The number of aliphatic hydroxyl groups is 1. The van der Waals surface area contributed by atoms with Crippen molar-refractivity contribution in [1.82, 2.24) is 0 Å². The summed E-state index contributed by atoms with van der Waals surface area (Å²) in [5, 5.41) is 15.4. The number of hydrogen-bond acceptors (Lipinski definition) is 3. The van der Waals surface area contributed by atoms with Gasteiger partial charge in [0, 0.05) is 12.1 Å². The van der Waals surface area contributed by atoms with Gasteiger partial charge in [-0.1, -0.05) is 0 Å². The topological polar surface area (TPSA) is 32.3 Å². The van der Waals surface area contributed by atoms with E-state index in [9.17, 15) is 0 Å². The van der Waals surface area contributed by atoms with Crippen molar-refractivity contribution in [3.05, 3.63) is 17.5 Å². The van der Waals surface area contributed by atoms with Gasteiger partial charge in [-0.15, -0.1) is 11.3 Å². The number of anilines is 1. The van der Waals surface area contributed by atoms with E-state index in [0.29, 0.717) is 0 Å². The molecule has 2 nitrogen and oxygen atoms in total. The second-order valence-corrected chi connectivity index (χ2v) is 4.41. The van der Waals surface area contributed by atoms with Gasteiger partial charge in [-0.3, -0.25) is 0 Å². The van der Waals surface area contributed by atoms with Crippen LogP contribution in [-0.2, 0) is 0 Å². The molecule has 0 aromatic carbocycles. The molecule has 1 aromatic heterocycles. The second kappa shape index (κ2) is 3.92. The van der Waals surface area contributed by atoms with Gasteiger partial charge in [0.25, 0.3) is 0 Å². The molecule has 12 heavy (non-hydrogen) atoms. The summed E-state index contributed by atoms with van der Waals surface area (Å²) in [6.45, 7) is 4.40. The van der Waals surface area contributed by atoms with Crippen molar-refractivity contribution >= 4 is 16.3 Å². The van der Waals surface area contributed by atoms with E-state index in [1.54, 1.807) is 11.3 Å². The molecule has 68 valence electrons. The highest BCUT2D eigenvalue weighted by molar-refractivity contribution is 7.14. The Balaban J connectivity index is 2.50. The zero-order chi connectivity index (χ0) is 9.03. The largest absolute Gasteiger partial charge is 0.396 e. The zero-order valence-electron chi connectivity index (χ0n) is 7.50. The third-order valence-electron chi connectivity index (χ3n) is 1.72. The summed E-state index contributed by atoms with van der Waals surface area (Å²) >= 11 is 1.68. The first kappa shape index (κ1) is 9.55. The third-order valence-corrected chi connectivity index (χ3v) is 2.50. The SMILES string of the molecule is CC(C)(CCO)Nc1cccs1. The summed E-state index contributed by atoms with van der Waals surface area (Å²) in [6, 6.07) is 4.06. The Bertz CT molecular complexity index is 218. The van der Waals surface area contributed by atoms with E-state index in [1.165, 1.54) is 0 Å². The molecule has 0 fully saturated rings. The smallest absolute Gasteiger partial charge is 0.0886 e. The third kappa shape index (κ3) is 2.83. The Labute approximate surface area is 77.2 Å². The summed E-state index contributed by atoms with van der Waals surface area (Å²) in [5.74, 6) is 0. The van der Waals surface area contributed by atoms with Gasteiger partial charge < -0.3 is 10.4 Å². The van der Waals surface area contributed by atoms with Crippen LogP contribution in [0.15, 0.2) is 17.5 Å². The fourth-order valence-electron chi connectivity index (χ4n) is 1.03. The highest BCUT2D eigenvalue weighted by Gasteiger charge is 2.16. The van der Waals surface area contributed by atoms with E-state index < -0.39 is 0 Å². The number of nitrogens with one attached hydrogen (secondary N) is 1. The summed E-state index contributed by atoms with van der Waals surface area (Å²) in [4.78, 5) is 0. The lowest BCUT2D eigenvalue weighted by Crippen LogP contribution is -2.31. The summed E-state index contributed by atoms with van der Waals surface area (Å²) in [6.07, 6.45) is 0.769. The summed E-state index contributed by atoms with van der Waals surface area (Å²) in [7, 11) is 0. The Morgan fingerprint density at radius 2 is 2.33 bits per heavy atom. The van der Waals surface area contributed by atoms with Crippen LogP contribution in [0.25, 0.3) is 0 Å². The minimum atomic E-state index is -0.0143. The summed E-state index contributed by atoms with van der Waals surface area (Å²) < 4.78 is 0. The normalized spacial score (nSPS) is 11.6. The van der Waals surface area contributed by atoms with Crippen LogP contribution in [0.3, 0.4) is 0 Å². The first-order valence-corrected chi connectivity index (χ1v) is 4.94. The van der Waals surface area contributed by atoms with Crippen molar-refractivity contribution in [3.63, 3.8) is 0 Å². The van der Waals surface area contributed by atoms with Crippen molar-refractivity contribution < 1.29 is 5.11 Å². The Morgan fingerprint density at radius 1 is 1.58 bits per heavy atom. The average Bonchev–Trinajstić information content (AvgIpc) is 2.38. The monoisotopic (exact) mass is 185 g/mol. The molecular formula is C9H15NOS. The van der Waals surface area contributed by atoms with Crippen molar-refractivity contribution in [2.45, 2.75) is 25.8 Å². The average molecular weight is 185 g/mol. The lowest BCUT2D eigenvalue weighted by molar-refractivity contribution is 0.261. The molecule has 1 aromatic rings. The van der Waals surface area contributed by atoms with Crippen LogP contribution in [0.5, 0.6) is 0 Å². The van der Waals surface area contributed by atoms with Crippen LogP contribution in [0.1, 0.15) is 20.3 Å². The van der Waals surface area contributed by atoms with Gasteiger partial charge in [0.1, 0.15) is 0 Å². The molecule has 0 saturated carbocycles. The van der Waals surface area contributed by atoms with Gasteiger partial charge in [0.15, 0.2) is 0 Å². The Hall–Kier alpha value is -0.540. The van der Waals surface area contributed by atoms with Crippen molar-refractivity contribution in [2.24, 2.45) is 0 Å². The minimum Gasteiger partial charge on any atom is -0.396 e. The molecule has 0 radical (unpaired) electrons. The quantitative estimate of drug-likeness (QED) is 0.754. The molecular weight excluding hydrogens is 170 g/mol. The standard InChI is InChI=1S/C9H15NOS/c1-9(2,5-6-11)10-8-4-3-7-12-8/h3-4,7,10-11H,5-6H2,1-2H3. The molecule has 0 aliphatic rings. The van der Waals surface area contributed by atoms with E-state index >= 15 is 0 Å². The van der Waals surface area contributed by atoms with Gasteiger partial charge >= 0.3 is 0 Å². The molecule has 0 aliphatic carbocycles. The lowest BCUT2D eigenvalue weighted by atomic mass is 10.0. The molecule has 0 aliphatic heterocycles. The van der Waals surface area contributed by atoms with Gasteiger partial charge in [0.05, 0.1) is 5.00 Å². The predicted octanol–water partition coefficient (Wildman–Crippen LogP) is 2.32. The van der Waals surface area contributed by atoms with Crippen molar-refractivity contribution in [3.8, 4) is 0 Å². The maximum Gasteiger partial charge on any atom is 0.0886 e. The van der Waals surface area contributed by atoms with Crippen LogP contribution in [0.2, 0.25) is 0 Å². The van der Waals surface area contributed by atoms with E-state index in [2.05, 4.69) is 19.2 Å². The highest BCUT2D eigenvalue weighted by atomic mass is 32.1.